The summed E-state index contributed by atoms with van der Waals surface area (Å²) in [5.74, 6) is 0. The normalized spacial score (nSPS) is 11.5. The van der Waals surface area contributed by atoms with E-state index in [0.29, 0.717) is 0 Å². The Morgan fingerprint density at radius 2 is 0.721 bits per heavy atom. The second-order valence-electron chi connectivity index (χ2n) is 17.3. The first-order valence-electron chi connectivity index (χ1n) is 23.2. The molecule has 0 unspecified atom stereocenters. The van der Waals surface area contributed by atoms with Gasteiger partial charge in [-0.15, -0.1) is 0 Å². The van der Waals surface area contributed by atoms with E-state index in [4.69, 9.17) is 9.97 Å². The van der Waals surface area contributed by atoms with Gasteiger partial charge in [-0.1, -0.05) is 188 Å². The fourth-order valence-corrected chi connectivity index (χ4v) is 10.2. The minimum atomic E-state index is 0.882. The molecule has 4 heterocycles. The maximum absolute atomic E-state index is 5.62. The molecule has 0 saturated heterocycles. The SMILES string of the molecule is c1ccc(-c2cc(-c3ccccc3)nc(-c3cc(-c4cc(-c5ccccc5)nc(-c5ccccc5)c4)ccc3-n3c4ccccc4c4ccc5c(c6ccccc6n5-c5ccccc5)c43)c2)cc1. The first-order chi connectivity index (χ1) is 33.7. The number of nitrogens with zero attached hydrogens (tertiary/aromatic N) is 4. The highest BCUT2D eigenvalue weighted by Crippen LogP contribution is 2.45. The average Bonchev–Trinajstić information content (AvgIpc) is 3.94. The number of pyridine rings is 2. The van der Waals surface area contributed by atoms with Crippen molar-refractivity contribution in [3.05, 3.63) is 255 Å². The molecule has 0 saturated carbocycles. The summed E-state index contributed by atoms with van der Waals surface area (Å²) in [5.41, 5.74) is 19.0. The Hall–Kier alpha value is -9.12. The summed E-state index contributed by atoms with van der Waals surface area (Å²) in [5, 5.41) is 4.80. The molecule has 0 aliphatic heterocycles. The lowest BCUT2D eigenvalue weighted by Crippen LogP contribution is -2.01. The van der Waals surface area contributed by atoms with Crippen molar-refractivity contribution in [1.82, 2.24) is 19.1 Å². The molecule has 13 aromatic rings. The van der Waals surface area contributed by atoms with E-state index in [2.05, 4.69) is 264 Å². The van der Waals surface area contributed by atoms with Gasteiger partial charge in [0, 0.05) is 49.5 Å². The van der Waals surface area contributed by atoms with Crippen molar-refractivity contribution < 1.29 is 0 Å². The van der Waals surface area contributed by atoms with Crippen molar-refractivity contribution in [2.24, 2.45) is 0 Å². The minimum Gasteiger partial charge on any atom is -0.309 e. The summed E-state index contributed by atoms with van der Waals surface area (Å²) in [6.45, 7) is 0. The molecule has 318 valence electrons. The molecule has 0 amide bonds. The molecule has 4 heteroatoms. The number of aromatic nitrogens is 4. The number of hydrogen-bond donors (Lipinski definition) is 0. The molecule has 68 heavy (non-hydrogen) atoms. The van der Waals surface area contributed by atoms with Crippen LogP contribution in [0.1, 0.15) is 0 Å². The van der Waals surface area contributed by atoms with Gasteiger partial charge in [0.05, 0.1) is 50.5 Å². The second-order valence-corrected chi connectivity index (χ2v) is 17.3. The van der Waals surface area contributed by atoms with Gasteiger partial charge in [0.2, 0.25) is 0 Å². The van der Waals surface area contributed by atoms with Gasteiger partial charge in [-0.05, 0) is 89.0 Å². The standard InChI is InChI=1S/C64H42N4/c1-6-20-43(21-7-1)48-39-57(46-26-12-4-13-27-46)66-58(42-48)54-38-47(49-40-55(44-22-8-2-9-23-44)65-56(41-49)45-24-10-3-11-25-45)34-36-61(54)68-59-32-18-16-30-51(59)52-35-37-62-63(64(52)68)53-31-17-19-33-60(53)67(62)50-28-14-5-15-29-50/h1-42H. The predicted octanol–water partition coefficient (Wildman–Crippen LogP) is 16.7. The van der Waals surface area contributed by atoms with Crippen molar-refractivity contribution in [2.75, 3.05) is 0 Å². The number of fused-ring (bicyclic) bond motifs is 7. The van der Waals surface area contributed by atoms with Gasteiger partial charge in [0.15, 0.2) is 0 Å². The maximum Gasteiger partial charge on any atom is 0.0737 e. The Kier molecular flexibility index (Phi) is 9.47. The first kappa shape index (κ1) is 39.3. The smallest absolute Gasteiger partial charge is 0.0737 e. The summed E-state index contributed by atoms with van der Waals surface area (Å²) in [4.78, 5) is 10.9. The highest BCUT2D eigenvalue weighted by Gasteiger charge is 2.24. The van der Waals surface area contributed by atoms with Crippen LogP contribution in [0.2, 0.25) is 0 Å². The molecule has 4 nitrogen and oxygen atoms in total. The van der Waals surface area contributed by atoms with Crippen LogP contribution < -0.4 is 0 Å². The zero-order chi connectivity index (χ0) is 45.0. The highest BCUT2D eigenvalue weighted by molar-refractivity contribution is 6.26. The zero-order valence-corrected chi connectivity index (χ0v) is 37.0. The molecule has 0 bridgehead atoms. The molecule has 0 aliphatic rings. The lowest BCUT2D eigenvalue weighted by atomic mass is 9.95. The molecule has 0 aliphatic carbocycles. The van der Waals surface area contributed by atoms with E-state index >= 15 is 0 Å². The molecular formula is C64H42N4. The van der Waals surface area contributed by atoms with Crippen molar-refractivity contribution in [2.45, 2.75) is 0 Å². The molecule has 13 rings (SSSR count). The molecule has 9 aromatic carbocycles. The third-order valence-electron chi connectivity index (χ3n) is 13.3. The van der Waals surface area contributed by atoms with Crippen molar-refractivity contribution in [3.63, 3.8) is 0 Å². The monoisotopic (exact) mass is 866 g/mol. The van der Waals surface area contributed by atoms with Gasteiger partial charge >= 0.3 is 0 Å². The summed E-state index contributed by atoms with van der Waals surface area (Å²) >= 11 is 0. The molecule has 0 spiro atoms. The Morgan fingerprint density at radius 1 is 0.265 bits per heavy atom. The van der Waals surface area contributed by atoms with Gasteiger partial charge < -0.3 is 9.13 Å². The van der Waals surface area contributed by atoms with E-state index in [-0.39, 0.29) is 0 Å². The third-order valence-corrected chi connectivity index (χ3v) is 13.3. The Bertz CT molecular complexity index is 3870. The predicted molar refractivity (Wildman–Crippen MR) is 283 cm³/mol. The Morgan fingerprint density at radius 3 is 1.31 bits per heavy atom. The summed E-state index contributed by atoms with van der Waals surface area (Å²) in [6.07, 6.45) is 0. The number of para-hydroxylation sites is 3. The van der Waals surface area contributed by atoms with E-state index in [1.807, 2.05) is 0 Å². The van der Waals surface area contributed by atoms with Crippen molar-refractivity contribution in [1.29, 1.82) is 0 Å². The van der Waals surface area contributed by atoms with Gasteiger partial charge in [0.25, 0.3) is 0 Å². The molecule has 0 fully saturated rings. The van der Waals surface area contributed by atoms with Gasteiger partial charge in [-0.2, -0.15) is 0 Å². The van der Waals surface area contributed by atoms with Gasteiger partial charge in [-0.3, -0.25) is 0 Å². The first-order valence-corrected chi connectivity index (χ1v) is 23.2. The highest BCUT2D eigenvalue weighted by atomic mass is 15.0. The topological polar surface area (TPSA) is 35.6 Å². The maximum atomic E-state index is 5.62. The van der Waals surface area contributed by atoms with Gasteiger partial charge in [-0.25, -0.2) is 9.97 Å². The van der Waals surface area contributed by atoms with Crippen LogP contribution in [0.5, 0.6) is 0 Å². The summed E-state index contributed by atoms with van der Waals surface area (Å²) in [6, 6.07) is 91.1. The van der Waals surface area contributed by atoms with E-state index in [0.717, 1.165) is 95.2 Å². The number of hydrogen-bond acceptors (Lipinski definition) is 2. The number of benzene rings is 9. The van der Waals surface area contributed by atoms with E-state index < -0.39 is 0 Å². The molecule has 0 radical (unpaired) electrons. The van der Waals surface area contributed by atoms with Crippen LogP contribution in [0.4, 0.5) is 0 Å². The summed E-state index contributed by atoms with van der Waals surface area (Å²) in [7, 11) is 0. The van der Waals surface area contributed by atoms with Crippen molar-refractivity contribution >= 4 is 43.6 Å². The van der Waals surface area contributed by atoms with Crippen LogP contribution in [0.3, 0.4) is 0 Å². The second kappa shape index (κ2) is 16.4. The fourth-order valence-electron chi connectivity index (χ4n) is 10.2. The van der Waals surface area contributed by atoms with Crippen LogP contribution in [0, 0.1) is 0 Å². The van der Waals surface area contributed by atoms with Crippen LogP contribution >= 0.6 is 0 Å². The number of rotatable bonds is 8. The molecule has 4 aromatic heterocycles. The van der Waals surface area contributed by atoms with E-state index in [9.17, 15) is 0 Å². The third kappa shape index (κ3) is 6.69. The molecular weight excluding hydrogens is 825 g/mol. The van der Waals surface area contributed by atoms with Crippen LogP contribution in [0.15, 0.2) is 255 Å². The van der Waals surface area contributed by atoms with E-state index in [1.165, 1.54) is 27.1 Å². The lowest BCUT2D eigenvalue weighted by molar-refractivity contribution is 1.17. The molecule has 0 atom stereocenters. The molecule has 0 N–H and O–H groups in total. The Balaban J connectivity index is 1.15. The summed E-state index contributed by atoms with van der Waals surface area (Å²) < 4.78 is 4.91. The van der Waals surface area contributed by atoms with Crippen molar-refractivity contribution in [3.8, 4) is 78.7 Å². The van der Waals surface area contributed by atoms with Crippen LogP contribution in [0.25, 0.3) is 122 Å². The lowest BCUT2D eigenvalue weighted by Gasteiger charge is -2.18. The quantitative estimate of drug-likeness (QED) is 0.153. The fraction of sp³-hybridized carbons (Fsp3) is 0. The largest absolute Gasteiger partial charge is 0.309 e. The zero-order valence-electron chi connectivity index (χ0n) is 37.0. The van der Waals surface area contributed by atoms with Crippen LogP contribution in [-0.4, -0.2) is 19.1 Å². The minimum absolute atomic E-state index is 0.882. The van der Waals surface area contributed by atoms with Gasteiger partial charge in [0.1, 0.15) is 0 Å². The van der Waals surface area contributed by atoms with E-state index in [1.54, 1.807) is 0 Å². The van der Waals surface area contributed by atoms with Crippen LogP contribution in [-0.2, 0) is 0 Å². The average molecular weight is 867 g/mol. The Labute approximate surface area is 394 Å².